The number of thioether (sulfide) groups is 1. The van der Waals surface area contributed by atoms with Gasteiger partial charge in [-0.15, -0.1) is 10.2 Å². The predicted molar refractivity (Wildman–Crippen MR) is 105 cm³/mol. The van der Waals surface area contributed by atoms with Gasteiger partial charge in [0.15, 0.2) is 4.34 Å². The topological polar surface area (TPSA) is 90.7 Å². The van der Waals surface area contributed by atoms with Crippen molar-refractivity contribution in [1.82, 2.24) is 15.5 Å². The number of anilines is 2. The summed E-state index contributed by atoms with van der Waals surface area (Å²) in [6.07, 6.45) is 4.57. The fraction of sp³-hybridized carbons (Fsp3) is 0.444. The van der Waals surface area contributed by atoms with Crippen LogP contribution >= 0.6 is 23.1 Å². The van der Waals surface area contributed by atoms with Crippen molar-refractivity contribution in [3.8, 4) is 6.07 Å². The van der Waals surface area contributed by atoms with Crippen LogP contribution in [0.5, 0.6) is 0 Å². The van der Waals surface area contributed by atoms with Gasteiger partial charge in [0.1, 0.15) is 5.54 Å². The van der Waals surface area contributed by atoms with Crippen LogP contribution in [0.15, 0.2) is 34.7 Å². The normalized spacial score (nSPS) is 17.1. The van der Waals surface area contributed by atoms with E-state index in [1.165, 1.54) is 23.1 Å². The number of carbonyl (C=O) groups is 1. The van der Waals surface area contributed by atoms with Crippen LogP contribution in [0.1, 0.15) is 39.0 Å². The average molecular weight is 388 g/mol. The third-order valence-electron chi connectivity index (χ3n) is 4.36. The maximum absolute atomic E-state index is 12.5. The Morgan fingerprint density at radius 3 is 2.69 bits per heavy atom. The van der Waals surface area contributed by atoms with Crippen LogP contribution < -0.4 is 10.6 Å². The number of hydrogen-bond acceptors (Lipinski definition) is 7. The molecule has 0 unspecified atom stereocenters. The Bertz CT molecular complexity index is 780. The van der Waals surface area contributed by atoms with Crippen molar-refractivity contribution < 1.29 is 4.79 Å². The number of hydrogen-bond donors (Lipinski definition) is 2. The highest BCUT2D eigenvalue weighted by Crippen LogP contribution is 2.32. The molecule has 0 radical (unpaired) electrons. The van der Waals surface area contributed by atoms with Crippen LogP contribution in [0.2, 0.25) is 0 Å². The molecule has 0 saturated heterocycles. The smallest absolute Gasteiger partial charge is 0.234 e. The Morgan fingerprint density at radius 1 is 1.27 bits per heavy atom. The van der Waals surface area contributed by atoms with Gasteiger partial charge in [-0.25, -0.2) is 0 Å². The van der Waals surface area contributed by atoms with Crippen molar-refractivity contribution in [3.63, 3.8) is 0 Å². The second kappa shape index (κ2) is 8.52. The lowest BCUT2D eigenvalue weighted by atomic mass is 9.83. The molecule has 0 aliphatic heterocycles. The van der Waals surface area contributed by atoms with Crippen LogP contribution in [0, 0.1) is 11.3 Å². The summed E-state index contributed by atoms with van der Waals surface area (Å²) in [6.45, 7) is 1.83. The van der Waals surface area contributed by atoms with Crippen molar-refractivity contribution in [2.45, 2.75) is 54.2 Å². The fourth-order valence-corrected chi connectivity index (χ4v) is 4.83. The second-order valence-electron chi connectivity index (χ2n) is 6.37. The summed E-state index contributed by atoms with van der Waals surface area (Å²) in [5.74, 6) is -0.119. The molecular weight excluding hydrogens is 366 g/mol. The van der Waals surface area contributed by atoms with Gasteiger partial charge in [0.2, 0.25) is 11.0 Å². The predicted octanol–water partition coefficient (Wildman–Crippen LogP) is 4.10. The number of rotatable bonds is 6. The molecular formula is C18H21N5OS2. The third-order valence-corrected chi connectivity index (χ3v) is 6.38. The van der Waals surface area contributed by atoms with Gasteiger partial charge in [-0.05, 0) is 31.9 Å². The first kappa shape index (κ1) is 18.7. The standard InChI is InChI=1S/C18H21N5OS2/c1-13(15(24)21-18(12-19)10-6-3-7-11-18)25-17-23-22-16(26-17)20-14-8-4-2-5-9-14/h2,4-5,8-9,13H,3,6-7,10-11H2,1H3,(H,20,22)(H,21,24)/t13-/m0/s1. The van der Waals surface area contributed by atoms with Gasteiger partial charge < -0.3 is 10.6 Å². The zero-order chi connectivity index (χ0) is 18.4. The van der Waals surface area contributed by atoms with E-state index in [1.54, 1.807) is 0 Å². The molecule has 0 spiro atoms. The van der Waals surface area contributed by atoms with E-state index < -0.39 is 5.54 Å². The molecule has 1 heterocycles. The lowest BCUT2D eigenvalue weighted by Crippen LogP contribution is -2.50. The number of nitrogens with zero attached hydrogens (tertiary/aromatic N) is 3. The highest BCUT2D eigenvalue weighted by molar-refractivity contribution is 8.02. The summed E-state index contributed by atoms with van der Waals surface area (Å²) in [5, 5.41) is 24.3. The zero-order valence-corrected chi connectivity index (χ0v) is 16.2. The molecule has 1 aromatic heterocycles. The minimum atomic E-state index is -0.703. The average Bonchev–Trinajstić information content (AvgIpc) is 3.10. The maximum atomic E-state index is 12.5. The molecule has 1 aliphatic carbocycles. The van der Waals surface area contributed by atoms with Crippen LogP contribution in [0.4, 0.5) is 10.8 Å². The Kier molecular flexibility index (Phi) is 6.12. The summed E-state index contributed by atoms with van der Waals surface area (Å²) in [4.78, 5) is 12.5. The molecule has 1 fully saturated rings. The highest BCUT2D eigenvalue weighted by Gasteiger charge is 2.35. The lowest BCUT2D eigenvalue weighted by molar-refractivity contribution is -0.121. The second-order valence-corrected chi connectivity index (χ2v) is 8.93. The molecule has 2 N–H and O–H groups in total. The Labute approximate surface area is 161 Å². The summed E-state index contributed by atoms with van der Waals surface area (Å²) in [5.41, 5.74) is 0.241. The molecule has 1 atom stereocenters. The zero-order valence-electron chi connectivity index (χ0n) is 14.6. The van der Waals surface area contributed by atoms with Gasteiger partial charge in [-0.2, -0.15) is 5.26 Å². The van der Waals surface area contributed by atoms with Crippen molar-refractivity contribution in [2.75, 3.05) is 5.32 Å². The Hall–Kier alpha value is -2.11. The number of aromatic nitrogens is 2. The largest absolute Gasteiger partial charge is 0.337 e. The van der Waals surface area contributed by atoms with E-state index in [0.717, 1.165) is 42.1 Å². The van der Waals surface area contributed by atoms with Crippen LogP contribution in [-0.4, -0.2) is 26.9 Å². The van der Waals surface area contributed by atoms with E-state index in [1.807, 2.05) is 37.3 Å². The minimum Gasteiger partial charge on any atom is -0.337 e. The van der Waals surface area contributed by atoms with E-state index in [0.29, 0.717) is 5.13 Å². The van der Waals surface area contributed by atoms with E-state index >= 15 is 0 Å². The number of nitrogens with one attached hydrogen (secondary N) is 2. The molecule has 2 aromatic rings. The SMILES string of the molecule is C[C@H](Sc1nnc(Nc2ccccc2)s1)C(=O)NC1(C#N)CCCCC1. The number of amides is 1. The minimum absolute atomic E-state index is 0.119. The highest BCUT2D eigenvalue weighted by atomic mass is 32.2. The summed E-state index contributed by atoms with van der Waals surface area (Å²) < 4.78 is 0.723. The third kappa shape index (κ3) is 4.74. The number of carbonyl (C=O) groups excluding carboxylic acids is 1. The van der Waals surface area contributed by atoms with Crippen LogP contribution in [0.25, 0.3) is 0 Å². The molecule has 26 heavy (non-hydrogen) atoms. The van der Waals surface area contributed by atoms with Crippen molar-refractivity contribution in [1.29, 1.82) is 5.26 Å². The van der Waals surface area contributed by atoms with Gasteiger partial charge in [0.05, 0.1) is 11.3 Å². The monoisotopic (exact) mass is 387 g/mol. The van der Waals surface area contributed by atoms with Gasteiger partial charge in [-0.3, -0.25) is 4.79 Å². The molecule has 0 bridgehead atoms. The van der Waals surface area contributed by atoms with Gasteiger partial charge in [0.25, 0.3) is 0 Å². The number of para-hydroxylation sites is 1. The summed E-state index contributed by atoms with van der Waals surface area (Å²) >= 11 is 2.77. The van der Waals surface area contributed by atoms with E-state index in [-0.39, 0.29) is 11.2 Å². The molecule has 136 valence electrons. The van der Waals surface area contributed by atoms with E-state index in [9.17, 15) is 10.1 Å². The first-order chi connectivity index (χ1) is 12.6. The number of nitriles is 1. The number of benzene rings is 1. The van der Waals surface area contributed by atoms with E-state index in [2.05, 4.69) is 26.9 Å². The maximum Gasteiger partial charge on any atom is 0.234 e. The first-order valence-corrected chi connectivity index (χ1v) is 10.4. The molecule has 1 aromatic carbocycles. The van der Waals surface area contributed by atoms with Gasteiger partial charge >= 0.3 is 0 Å². The quantitative estimate of drug-likeness (QED) is 0.725. The van der Waals surface area contributed by atoms with Gasteiger partial charge in [-0.1, -0.05) is 60.6 Å². The molecule has 1 saturated carbocycles. The first-order valence-electron chi connectivity index (χ1n) is 8.66. The molecule has 1 aliphatic rings. The molecule has 3 rings (SSSR count). The Balaban J connectivity index is 1.57. The summed E-state index contributed by atoms with van der Waals surface area (Å²) in [7, 11) is 0. The van der Waals surface area contributed by atoms with E-state index in [4.69, 9.17) is 0 Å². The van der Waals surface area contributed by atoms with Crippen LogP contribution in [-0.2, 0) is 4.79 Å². The fourth-order valence-electron chi connectivity index (χ4n) is 2.92. The molecule has 6 nitrogen and oxygen atoms in total. The molecule has 8 heteroatoms. The van der Waals surface area contributed by atoms with Gasteiger partial charge in [0, 0.05) is 5.69 Å². The lowest BCUT2D eigenvalue weighted by Gasteiger charge is -2.32. The Morgan fingerprint density at radius 2 is 2.00 bits per heavy atom. The van der Waals surface area contributed by atoms with Crippen molar-refractivity contribution >= 4 is 39.8 Å². The van der Waals surface area contributed by atoms with Crippen molar-refractivity contribution in [2.24, 2.45) is 0 Å². The van der Waals surface area contributed by atoms with Crippen LogP contribution in [0.3, 0.4) is 0 Å². The summed E-state index contributed by atoms with van der Waals surface area (Å²) in [6, 6.07) is 12.1. The molecule has 1 amide bonds. The van der Waals surface area contributed by atoms with Crippen molar-refractivity contribution in [3.05, 3.63) is 30.3 Å².